The molecule has 106 valence electrons. The lowest BCUT2D eigenvalue weighted by Crippen LogP contribution is -2.17. The van der Waals surface area contributed by atoms with E-state index in [0.717, 1.165) is 23.5 Å². The van der Waals surface area contributed by atoms with Crippen LogP contribution in [0, 0.1) is 6.92 Å². The van der Waals surface area contributed by atoms with Gasteiger partial charge in [-0.25, -0.2) is 4.99 Å². The van der Waals surface area contributed by atoms with Crippen molar-refractivity contribution in [2.24, 2.45) is 4.99 Å². The van der Waals surface area contributed by atoms with Gasteiger partial charge in [0.1, 0.15) is 0 Å². The molecule has 0 saturated carbocycles. The highest BCUT2D eigenvalue weighted by atomic mass is 32.1. The van der Waals surface area contributed by atoms with Gasteiger partial charge in [0.25, 0.3) is 0 Å². The number of hydrogen-bond acceptors (Lipinski definition) is 2. The highest BCUT2D eigenvalue weighted by Crippen LogP contribution is 2.10. The highest BCUT2D eigenvalue weighted by Gasteiger charge is 2.02. The smallest absolute Gasteiger partial charge is 0.190 e. The van der Waals surface area contributed by atoms with Gasteiger partial charge in [0.05, 0.1) is 5.69 Å². The summed E-state index contributed by atoms with van der Waals surface area (Å²) in [4.78, 5) is 5.82. The lowest BCUT2D eigenvalue weighted by atomic mass is 10.1. The molecule has 0 aliphatic rings. The van der Waals surface area contributed by atoms with Crippen molar-refractivity contribution in [3.05, 3.63) is 82.1 Å². The van der Waals surface area contributed by atoms with Gasteiger partial charge in [-0.1, -0.05) is 48.5 Å². The molecule has 3 rings (SSSR count). The van der Waals surface area contributed by atoms with E-state index >= 15 is 0 Å². The van der Waals surface area contributed by atoms with Crippen LogP contribution in [0.25, 0.3) is 0 Å². The molecule has 0 aliphatic carbocycles. The number of aryl methyl sites for hydroxylation is 2. The minimum absolute atomic E-state index is 0.963. The Hall–Kier alpha value is -2.13. The molecule has 0 saturated heterocycles. The first-order chi connectivity index (χ1) is 10.3. The summed E-state index contributed by atoms with van der Waals surface area (Å²) in [5, 5.41) is 2.17. The molecule has 3 heteroatoms. The Labute approximate surface area is 129 Å². The van der Waals surface area contributed by atoms with Gasteiger partial charge in [0.15, 0.2) is 4.80 Å². The third-order valence-corrected chi connectivity index (χ3v) is 4.42. The lowest BCUT2D eigenvalue weighted by Gasteiger charge is -2.06. The van der Waals surface area contributed by atoms with Crippen molar-refractivity contribution in [2.45, 2.75) is 19.9 Å². The third-order valence-electron chi connectivity index (χ3n) is 3.44. The summed E-state index contributed by atoms with van der Waals surface area (Å²) in [7, 11) is 0. The average Bonchev–Trinajstić information content (AvgIpc) is 2.87. The van der Waals surface area contributed by atoms with E-state index in [9.17, 15) is 0 Å². The van der Waals surface area contributed by atoms with E-state index < -0.39 is 0 Å². The van der Waals surface area contributed by atoms with Crippen LogP contribution in [0.15, 0.2) is 71.0 Å². The minimum Gasteiger partial charge on any atom is -0.321 e. The predicted molar refractivity (Wildman–Crippen MR) is 88.9 cm³/mol. The summed E-state index contributed by atoms with van der Waals surface area (Å²) in [6.45, 7) is 3.11. The van der Waals surface area contributed by atoms with Gasteiger partial charge in [-0.15, -0.1) is 11.3 Å². The van der Waals surface area contributed by atoms with Gasteiger partial charge in [0, 0.05) is 17.6 Å². The van der Waals surface area contributed by atoms with E-state index in [4.69, 9.17) is 4.99 Å². The molecule has 0 fully saturated rings. The molecule has 2 nitrogen and oxygen atoms in total. The second-order valence-electron chi connectivity index (χ2n) is 4.99. The molecule has 1 heterocycles. The van der Waals surface area contributed by atoms with Crippen molar-refractivity contribution in [1.29, 1.82) is 0 Å². The number of rotatable bonds is 4. The molecule has 1 aromatic heterocycles. The maximum atomic E-state index is 4.76. The molecule has 0 bridgehead atoms. The highest BCUT2D eigenvalue weighted by molar-refractivity contribution is 7.07. The Balaban J connectivity index is 1.86. The van der Waals surface area contributed by atoms with Crippen molar-refractivity contribution >= 4 is 17.0 Å². The van der Waals surface area contributed by atoms with E-state index in [0.29, 0.717) is 0 Å². The summed E-state index contributed by atoms with van der Waals surface area (Å²) in [5.74, 6) is 0. The van der Waals surface area contributed by atoms with Gasteiger partial charge < -0.3 is 4.57 Å². The largest absolute Gasteiger partial charge is 0.321 e. The summed E-state index contributed by atoms with van der Waals surface area (Å²) in [6, 6.07) is 20.7. The summed E-state index contributed by atoms with van der Waals surface area (Å²) in [5.41, 5.74) is 3.64. The summed E-state index contributed by atoms with van der Waals surface area (Å²) < 4.78 is 2.30. The van der Waals surface area contributed by atoms with Gasteiger partial charge in [-0.3, -0.25) is 0 Å². The van der Waals surface area contributed by atoms with Crippen molar-refractivity contribution in [3.63, 3.8) is 0 Å². The first-order valence-corrected chi connectivity index (χ1v) is 7.99. The van der Waals surface area contributed by atoms with Crippen LogP contribution in [-0.2, 0) is 13.0 Å². The Bertz CT molecular complexity index is 755. The molecular formula is C18H18N2S. The second kappa shape index (κ2) is 6.55. The zero-order valence-electron chi connectivity index (χ0n) is 12.1. The maximum absolute atomic E-state index is 4.76. The van der Waals surface area contributed by atoms with Crippen LogP contribution >= 0.6 is 11.3 Å². The standard InChI is InChI=1S/C18H18N2S/c1-15-14-21-18(19-17-10-6-3-7-11-17)20(15)13-12-16-8-4-2-5-9-16/h2-11,14H,12-13H2,1H3. The Morgan fingerprint density at radius 1 is 0.952 bits per heavy atom. The molecule has 0 spiro atoms. The van der Waals surface area contributed by atoms with Crippen LogP contribution in [0.1, 0.15) is 11.3 Å². The fourth-order valence-electron chi connectivity index (χ4n) is 2.27. The van der Waals surface area contributed by atoms with Crippen molar-refractivity contribution in [3.8, 4) is 0 Å². The number of aromatic nitrogens is 1. The SMILES string of the molecule is Cc1csc(=Nc2ccccc2)n1CCc1ccccc1. The molecule has 0 unspecified atom stereocenters. The Morgan fingerprint density at radius 3 is 2.33 bits per heavy atom. The number of thiazole rings is 1. The van der Waals surface area contributed by atoms with Crippen LogP contribution in [0.3, 0.4) is 0 Å². The van der Waals surface area contributed by atoms with Gasteiger partial charge in [0.2, 0.25) is 0 Å². The summed E-state index contributed by atoms with van der Waals surface area (Å²) >= 11 is 1.70. The minimum atomic E-state index is 0.963. The van der Waals surface area contributed by atoms with Crippen LogP contribution in [-0.4, -0.2) is 4.57 Å². The predicted octanol–water partition coefficient (Wildman–Crippen LogP) is 4.33. The van der Waals surface area contributed by atoms with Crippen LogP contribution < -0.4 is 4.80 Å². The van der Waals surface area contributed by atoms with E-state index in [1.165, 1.54) is 11.3 Å². The third kappa shape index (κ3) is 3.50. The Morgan fingerprint density at radius 2 is 1.62 bits per heavy atom. The summed E-state index contributed by atoms with van der Waals surface area (Å²) in [6.07, 6.45) is 1.03. The average molecular weight is 294 g/mol. The van der Waals surface area contributed by atoms with E-state index in [2.05, 4.69) is 47.2 Å². The maximum Gasteiger partial charge on any atom is 0.190 e. The molecule has 0 aliphatic heterocycles. The molecule has 0 radical (unpaired) electrons. The Kier molecular flexibility index (Phi) is 4.31. The van der Waals surface area contributed by atoms with Crippen LogP contribution in [0.2, 0.25) is 0 Å². The van der Waals surface area contributed by atoms with Crippen molar-refractivity contribution in [1.82, 2.24) is 4.57 Å². The van der Waals surface area contributed by atoms with E-state index in [-0.39, 0.29) is 0 Å². The topological polar surface area (TPSA) is 17.3 Å². The molecule has 0 amide bonds. The second-order valence-corrected chi connectivity index (χ2v) is 5.83. The van der Waals surface area contributed by atoms with Crippen molar-refractivity contribution < 1.29 is 0 Å². The normalized spacial score (nSPS) is 11.8. The fourth-order valence-corrected chi connectivity index (χ4v) is 3.20. The number of hydrogen-bond donors (Lipinski definition) is 0. The molecule has 2 aromatic carbocycles. The molecule has 0 N–H and O–H groups in total. The zero-order chi connectivity index (χ0) is 14.5. The lowest BCUT2D eigenvalue weighted by molar-refractivity contribution is 0.658. The van der Waals surface area contributed by atoms with Crippen molar-refractivity contribution in [2.75, 3.05) is 0 Å². The fraction of sp³-hybridized carbons (Fsp3) is 0.167. The first kappa shape index (κ1) is 13.8. The number of benzene rings is 2. The molecular weight excluding hydrogens is 276 g/mol. The van der Waals surface area contributed by atoms with E-state index in [1.54, 1.807) is 11.3 Å². The van der Waals surface area contributed by atoms with Gasteiger partial charge in [-0.05, 0) is 31.0 Å². The quantitative estimate of drug-likeness (QED) is 0.681. The molecule has 3 aromatic rings. The monoisotopic (exact) mass is 294 g/mol. The molecule has 21 heavy (non-hydrogen) atoms. The molecule has 0 atom stereocenters. The van der Waals surface area contributed by atoms with Gasteiger partial charge >= 0.3 is 0 Å². The number of para-hydroxylation sites is 1. The van der Waals surface area contributed by atoms with Crippen LogP contribution in [0.5, 0.6) is 0 Å². The van der Waals surface area contributed by atoms with Crippen LogP contribution in [0.4, 0.5) is 5.69 Å². The first-order valence-electron chi connectivity index (χ1n) is 7.11. The van der Waals surface area contributed by atoms with E-state index in [1.807, 2.05) is 30.3 Å². The number of nitrogens with zero attached hydrogens (tertiary/aromatic N) is 2. The van der Waals surface area contributed by atoms with Gasteiger partial charge in [-0.2, -0.15) is 0 Å². The zero-order valence-corrected chi connectivity index (χ0v) is 12.9.